The fourth-order valence-electron chi connectivity index (χ4n) is 0.600. The molecule has 0 aromatic heterocycles. The maximum absolute atomic E-state index is 12.1. The van der Waals surface area contributed by atoms with Crippen molar-refractivity contribution in [1.82, 2.24) is 5.32 Å². The van der Waals surface area contributed by atoms with Gasteiger partial charge in [0, 0.05) is 0 Å². The molecule has 0 saturated heterocycles. The van der Waals surface area contributed by atoms with E-state index in [2.05, 4.69) is 4.99 Å². The van der Waals surface area contributed by atoms with E-state index in [1.807, 2.05) is 0 Å². The van der Waals surface area contributed by atoms with E-state index in [4.69, 9.17) is 0 Å². The van der Waals surface area contributed by atoms with Gasteiger partial charge in [-0.15, -0.1) is 0 Å². The van der Waals surface area contributed by atoms with Crippen LogP contribution >= 0.6 is 0 Å². The molecule has 0 radical (unpaired) electrons. The Morgan fingerprint density at radius 1 is 1.67 bits per heavy atom. The van der Waals surface area contributed by atoms with Gasteiger partial charge in [-0.1, -0.05) is 0 Å². The monoisotopic (exact) mass is 132 g/mol. The Labute approximate surface area is 51.3 Å². The summed E-state index contributed by atoms with van der Waals surface area (Å²) >= 11 is 0. The SMILES string of the molecule is CC1C=C(F)NC(F)=N1. The molecular formula is C5H6F2N2. The number of amidine groups is 1. The van der Waals surface area contributed by atoms with Crippen LogP contribution in [0.4, 0.5) is 8.78 Å². The Morgan fingerprint density at radius 2 is 2.33 bits per heavy atom. The standard InChI is InChI=1S/C5H6F2N2/c1-3-2-4(6)9-5(7)8-3/h2-3H,1H3,(H,8,9). The Balaban J connectivity index is 2.69. The molecule has 0 bridgehead atoms. The van der Waals surface area contributed by atoms with Crippen LogP contribution < -0.4 is 5.32 Å². The minimum absolute atomic E-state index is 0.397. The van der Waals surface area contributed by atoms with Crippen molar-refractivity contribution in [2.24, 2.45) is 4.99 Å². The van der Waals surface area contributed by atoms with Crippen molar-refractivity contribution < 1.29 is 8.78 Å². The molecule has 0 spiro atoms. The summed E-state index contributed by atoms with van der Waals surface area (Å²) in [5.74, 6) is -0.671. The molecule has 1 unspecified atom stereocenters. The van der Waals surface area contributed by atoms with Crippen molar-refractivity contribution in [1.29, 1.82) is 0 Å². The lowest BCUT2D eigenvalue weighted by Crippen LogP contribution is -2.22. The van der Waals surface area contributed by atoms with Crippen molar-refractivity contribution >= 4 is 6.09 Å². The number of halogens is 2. The zero-order valence-electron chi connectivity index (χ0n) is 4.86. The highest BCUT2D eigenvalue weighted by molar-refractivity contribution is 5.75. The number of nitrogens with one attached hydrogen (secondary N) is 1. The predicted molar refractivity (Wildman–Crippen MR) is 30.3 cm³/mol. The molecule has 0 aromatic carbocycles. The van der Waals surface area contributed by atoms with Gasteiger partial charge in [0.2, 0.25) is 0 Å². The molecule has 0 fully saturated rings. The first-order valence-electron chi connectivity index (χ1n) is 2.56. The van der Waals surface area contributed by atoms with Gasteiger partial charge in [-0.3, -0.25) is 5.32 Å². The topological polar surface area (TPSA) is 24.4 Å². The van der Waals surface area contributed by atoms with Crippen molar-refractivity contribution in [3.05, 3.63) is 12.0 Å². The highest BCUT2D eigenvalue weighted by Crippen LogP contribution is 2.04. The van der Waals surface area contributed by atoms with Gasteiger partial charge in [-0.25, -0.2) is 4.99 Å². The number of hydrogen-bond donors (Lipinski definition) is 1. The summed E-state index contributed by atoms with van der Waals surface area (Å²) < 4.78 is 24.2. The van der Waals surface area contributed by atoms with E-state index in [9.17, 15) is 8.78 Å². The molecule has 0 saturated carbocycles. The summed E-state index contributed by atoms with van der Waals surface area (Å²) in [7, 11) is 0. The molecule has 1 rings (SSSR count). The van der Waals surface area contributed by atoms with Crippen LogP contribution in [0.25, 0.3) is 0 Å². The van der Waals surface area contributed by atoms with E-state index in [0.717, 1.165) is 0 Å². The smallest absolute Gasteiger partial charge is 0.284 e. The average Bonchev–Trinajstić information content (AvgIpc) is 1.59. The minimum Gasteiger partial charge on any atom is -0.293 e. The van der Waals surface area contributed by atoms with Gasteiger partial charge in [0.15, 0.2) is 5.95 Å². The summed E-state index contributed by atoms with van der Waals surface area (Å²) in [5, 5.41) is 1.79. The van der Waals surface area contributed by atoms with Crippen LogP contribution in [-0.4, -0.2) is 12.1 Å². The number of nitrogens with zero attached hydrogens (tertiary/aromatic N) is 1. The largest absolute Gasteiger partial charge is 0.293 e. The Hall–Kier alpha value is -0.930. The first-order valence-corrected chi connectivity index (χ1v) is 2.56. The highest BCUT2D eigenvalue weighted by Gasteiger charge is 2.09. The Morgan fingerprint density at radius 3 is 2.78 bits per heavy atom. The van der Waals surface area contributed by atoms with Gasteiger partial charge in [0.05, 0.1) is 6.04 Å². The Kier molecular flexibility index (Phi) is 1.46. The quantitative estimate of drug-likeness (QED) is 0.490. The number of rotatable bonds is 0. The number of aliphatic imine (C=N–C) groups is 1. The van der Waals surface area contributed by atoms with E-state index in [-0.39, 0.29) is 0 Å². The average molecular weight is 132 g/mol. The molecule has 1 aliphatic rings. The first kappa shape index (κ1) is 6.19. The van der Waals surface area contributed by atoms with Crippen molar-refractivity contribution in [3.8, 4) is 0 Å². The van der Waals surface area contributed by atoms with E-state index in [0.29, 0.717) is 0 Å². The molecular weight excluding hydrogens is 126 g/mol. The third kappa shape index (κ3) is 1.48. The van der Waals surface area contributed by atoms with Crippen LogP contribution in [0.2, 0.25) is 0 Å². The minimum atomic E-state index is -0.859. The zero-order chi connectivity index (χ0) is 6.85. The van der Waals surface area contributed by atoms with Crippen LogP contribution in [0, 0.1) is 0 Å². The third-order valence-electron chi connectivity index (χ3n) is 0.927. The molecule has 50 valence electrons. The molecule has 0 aromatic rings. The van der Waals surface area contributed by atoms with Gasteiger partial charge in [0.25, 0.3) is 6.09 Å². The number of hydrogen-bond acceptors (Lipinski definition) is 2. The van der Waals surface area contributed by atoms with E-state index >= 15 is 0 Å². The van der Waals surface area contributed by atoms with Crippen LogP contribution in [0.3, 0.4) is 0 Å². The van der Waals surface area contributed by atoms with Gasteiger partial charge in [0.1, 0.15) is 0 Å². The molecule has 1 aliphatic heterocycles. The third-order valence-corrected chi connectivity index (χ3v) is 0.927. The summed E-state index contributed by atoms with van der Waals surface area (Å²) in [6, 6.07) is -0.397. The lowest BCUT2D eigenvalue weighted by atomic mass is 10.3. The van der Waals surface area contributed by atoms with Crippen LogP contribution in [-0.2, 0) is 0 Å². The molecule has 4 heteroatoms. The van der Waals surface area contributed by atoms with Crippen LogP contribution in [0.5, 0.6) is 0 Å². The molecule has 0 aliphatic carbocycles. The second kappa shape index (κ2) is 2.13. The van der Waals surface area contributed by atoms with Gasteiger partial charge >= 0.3 is 0 Å². The van der Waals surface area contributed by atoms with Gasteiger partial charge < -0.3 is 0 Å². The molecule has 0 amide bonds. The first-order chi connectivity index (χ1) is 4.18. The fraction of sp³-hybridized carbons (Fsp3) is 0.400. The molecule has 1 atom stereocenters. The highest BCUT2D eigenvalue weighted by atomic mass is 19.1. The maximum Gasteiger partial charge on any atom is 0.284 e. The lowest BCUT2D eigenvalue weighted by Gasteiger charge is -2.08. The zero-order valence-corrected chi connectivity index (χ0v) is 4.86. The molecule has 1 heterocycles. The molecule has 1 N–H and O–H groups in total. The second-order valence-corrected chi connectivity index (χ2v) is 1.80. The van der Waals surface area contributed by atoms with Gasteiger partial charge in [-0.2, -0.15) is 8.78 Å². The second-order valence-electron chi connectivity index (χ2n) is 1.80. The van der Waals surface area contributed by atoms with E-state index < -0.39 is 18.1 Å². The van der Waals surface area contributed by atoms with Crippen molar-refractivity contribution in [2.75, 3.05) is 0 Å². The summed E-state index contributed by atoms with van der Waals surface area (Å²) in [4.78, 5) is 3.36. The molecule has 2 nitrogen and oxygen atoms in total. The van der Waals surface area contributed by atoms with Crippen LogP contribution in [0.15, 0.2) is 17.0 Å². The normalized spacial score (nSPS) is 26.3. The fourth-order valence-corrected chi connectivity index (χ4v) is 0.600. The van der Waals surface area contributed by atoms with Crippen LogP contribution in [0.1, 0.15) is 6.92 Å². The van der Waals surface area contributed by atoms with Gasteiger partial charge in [-0.05, 0) is 13.0 Å². The summed E-state index contributed by atoms with van der Waals surface area (Å²) in [6.07, 6.45) is 0.339. The summed E-state index contributed by atoms with van der Waals surface area (Å²) in [5.41, 5.74) is 0. The lowest BCUT2D eigenvalue weighted by molar-refractivity contribution is 0.549. The van der Waals surface area contributed by atoms with Crippen molar-refractivity contribution in [2.45, 2.75) is 13.0 Å². The molecule has 9 heavy (non-hydrogen) atoms. The van der Waals surface area contributed by atoms with E-state index in [1.54, 1.807) is 12.2 Å². The maximum atomic E-state index is 12.1. The summed E-state index contributed by atoms with van der Waals surface area (Å²) in [6.45, 7) is 1.60. The predicted octanol–water partition coefficient (Wildman–Crippen LogP) is 1.11. The van der Waals surface area contributed by atoms with E-state index in [1.165, 1.54) is 6.08 Å². The van der Waals surface area contributed by atoms with Crippen molar-refractivity contribution in [3.63, 3.8) is 0 Å². The Bertz CT molecular complexity index is 156.